The molecular weight excluding hydrogens is 194 g/mol. The molecule has 1 aliphatic heterocycles. The zero-order valence-electron chi connectivity index (χ0n) is 7.60. The molecule has 0 unspecified atom stereocenters. The van der Waals surface area contributed by atoms with E-state index in [9.17, 15) is 13.9 Å². The quantitative estimate of drug-likeness (QED) is 0.701. The minimum Gasteiger partial charge on any atom is -0.504 e. The van der Waals surface area contributed by atoms with Crippen LogP contribution in [0.15, 0.2) is 6.07 Å². The van der Waals surface area contributed by atoms with Gasteiger partial charge in [0.15, 0.2) is 11.5 Å². The van der Waals surface area contributed by atoms with Crippen LogP contribution in [0.5, 0.6) is 17.2 Å². The topological polar surface area (TPSA) is 38.7 Å². The summed E-state index contributed by atoms with van der Waals surface area (Å²) in [6, 6.07) is 1.55. The van der Waals surface area contributed by atoms with Gasteiger partial charge in [-0.25, -0.2) is 0 Å². The number of hydrogen-bond acceptors (Lipinski definition) is 3. The van der Waals surface area contributed by atoms with E-state index in [4.69, 9.17) is 0 Å². The number of ether oxygens (including phenoxy) is 2. The zero-order chi connectivity index (χ0) is 10.5. The van der Waals surface area contributed by atoms with Crippen LogP contribution in [-0.4, -0.2) is 11.4 Å². The molecule has 1 aromatic rings. The third kappa shape index (κ3) is 1.16. The Bertz CT molecular complexity index is 402. The largest absolute Gasteiger partial charge is 0.586 e. The number of hydrogen-bond donors (Lipinski definition) is 1. The van der Waals surface area contributed by atoms with Crippen LogP contribution in [0.1, 0.15) is 11.1 Å². The van der Waals surface area contributed by atoms with Crippen LogP contribution in [0.3, 0.4) is 0 Å². The van der Waals surface area contributed by atoms with Gasteiger partial charge in [-0.05, 0) is 31.0 Å². The molecule has 0 aromatic heterocycles. The maximum absolute atomic E-state index is 12.7. The van der Waals surface area contributed by atoms with Crippen LogP contribution >= 0.6 is 0 Å². The molecular formula is C9H8F2O3. The van der Waals surface area contributed by atoms with E-state index in [-0.39, 0.29) is 17.2 Å². The molecule has 2 rings (SSSR count). The van der Waals surface area contributed by atoms with Crippen LogP contribution in [0.4, 0.5) is 8.78 Å². The van der Waals surface area contributed by atoms with Gasteiger partial charge in [0.2, 0.25) is 5.75 Å². The smallest absolute Gasteiger partial charge is 0.504 e. The number of halogens is 2. The summed E-state index contributed by atoms with van der Waals surface area (Å²) < 4.78 is 33.8. The fourth-order valence-corrected chi connectivity index (χ4v) is 1.40. The average molecular weight is 202 g/mol. The van der Waals surface area contributed by atoms with Crippen molar-refractivity contribution in [2.75, 3.05) is 0 Å². The highest BCUT2D eigenvalue weighted by Crippen LogP contribution is 2.49. The number of aromatic hydroxyl groups is 1. The van der Waals surface area contributed by atoms with E-state index in [0.717, 1.165) is 0 Å². The van der Waals surface area contributed by atoms with Gasteiger partial charge in [0.1, 0.15) is 0 Å². The Morgan fingerprint density at radius 1 is 1.14 bits per heavy atom. The predicted octanol–water partition coefficient (Wildman–Crippen LogP) is 2.33. The zero-order valence-corrected chi connectivity index (χ0v) is 7.60. The number of fused-ring (bicyclic) bond motifs is 1. The Morgan fingerprint density at radius 2 is 1.71 bits per heavy atom. The third-order valence-corrected chi connectivity index (χ3v) is 2.03. The van der Waals surface area contributed by atoms with Crippen molar-refractivity contribution in [1.29, 1.82) is 0 Å². The fourth-order valence-electron chi connectivity index (χ4n) is 1.40. The van der Waals surface area contributed by atoms with Crippen molar-refractivity contribution < 1.29 is 23.4 Å². The van der Waals surface area contributed by atoms with Crippen molar-refractivity contribution in [3.8, 4) is 17.2 Å². The van der Waals surface area contributed by atoms with Gasteiger partial charge in [-0.1, -0.05) is 0 Å². The lowest BCUT2D eigenvalue weighted by Crippen LogP contribution is -2.26. The summed E-state index contributed by atoms with van der Waals surface area (Å²) in [7, 11) is 0. The van der Waals surface area contributed by atoms with Crippen molar-refractivity contribution in [2.45, 2.75) is 20.1 Å². The minimum absolute atomic E-state index is 0.0990. The summed E-state index contributed by atoms with van der Waals surface area (Å²) in [5, 5.41) is 9.44. The van der Waals surface area contributed by atoms with Gasteiger partial charge in [-0.2, -0.15) is 0 Å². The molecule has 0 bridgehead atoms. The van der Waals surface area contributed by atoms with Crippen molar-refractivity contribution in [1.82, 2.24) is 0 Å². The molecule has 0 aliphatic carbocycles. The van der Waals surface area contributed by atoms with Gasteiger partial charge >= 0.3 is 6.29 Å². The lowest BCUT2D eigenvalue weighted by Gasteiger charge is -2.04. The number of aryl methyl sites for hydroxylation is 2. The van der Waals surface area contributed by atoms with E-state index in [1.807, 2.05) is 0 Å². The number of phenolic OH excluding ortho intramolecular Hbond substituents is 1. The summed E-state index contributed by atoms with van der Waals surface area (Å²) in [6.07, 6.45) is -3.68. The summed E-state index contributed by atoms with van der Waals surface area (Å²) in [5.41, 5.74) is 0.982. The standard InChI is InChI=1S/C9H8F2O3/c1-4-3-5(2)7-8(6(4)12)14-9(10,11)13-7/h3,12H,1-2H3. The van der Waals surface area contributed by atoms with E-state index in [1.54, 1.807) is 19.9 Å². The van der Waals surface area contributed by atoms with E-state index in [0.29, 0.717) is 11.1 Å². The SMILES string of the molecule is Cc1cc(C)c2c(c1O)OC(F)(F)O2. The molecule has 1 aliphatic rings. The molecule has 1 heterocycles. The van der Waals surface area contributed by atoms with Crippen molar-refractivity contribution >= 4 is 0 Å². The lowest BCUT2D eigenvalue weighted by atomic mass is 10.1. The van der Waals surface area contributed by atoms with E-state index >= 15 is 0 Å². The number of alkyl halides is 2. The van der Waals surface area contributed by atoms with Crippen LogP contribution in [-0.2, 0) is 0 Å². The van der Waals surface area contributed by atoms with Crippen molar-refractivity contribution in [2.24, 2.45) is 0 Å². The summed E-state index contributed by atoms with van der Waals surface area (Å²) in [6.45, 7) is 3.21. The van der Waals surface area contributed by atoms with Crippen LogP contribution < -0.4 is 9.47 Å². The molecule has 0 amide bonds. The van der Waals surface area contributed by atoms with E-state index in [2.05, 4.69) is 9.47 Å². The molecule has 14 heavy (non-hydrogen) atoms. The second-order valence-corrected chi connectivity index (χ2v) is 3.18. The highest BCUT2D eigenvalue weighted by molar-refractivity contribution is 5.59. The average Bonchev–Trinajstić information content (AvgIpc) is 2.38. The predicted molar refractivity (Wildman–Crippen MR) is 43.8 cm³/mol. The van der Waals surface area contributed by atoms with Crippen molar-refractivity contribution in [3.63, 3.8) is 0 Å². The van der Waals surface area contributed by atoms with Crippen LogP contribution in [0, 0.1) is 13.8 Å². The van der Waals surface area contributed by atoms with Gasteiger partial charge in [-0.3, -0.25) is 0 Å². The highest BCUT2D eigenvalue weighted by Gasteiger charge is 2.46. The van der Waals surface area contributed by atoms with Gasteiger partial charge in [0, 0.05) is 0 Å². The first-order chi connectivity index (χ1) is 6.41. The third-order valence-electron chi connectivity index (χ3n) is 2.03. The maximum atomic E-state index is 12.7. The summed E-state index contributed by atoms with van der Waals surface area (Å²) >= 11 is 0. The van der Waals surface area contributed by atoms with Gasteiger partial charge < -0.3 is 14.6 Å². The molecule has 3 nitrogen and oxygen atoms in total. The molecule has 0 fully saturated rings. The van der Waals surface area contributed by atoms with E-state index < -0.39 is 6.29 Å². The Labute approximate surface area is 78.9 Å². The van der Waals surface area contributed by atoms with Gasteiger partial charge in [-0.15, -0.1) is 8.78 Å². The van der Waals surface area contributed by atoms with Crippen LogP contribution in [0.25, 0.3) is 0 Å². The first kappa shape index (κ1) is 9.05. The molecule has 0 saturated heterocycles. The molecule has 0 saturated carbocycles. The van der Waals surface area contributed by atoms with Crippen LogP contribution in [0.2, 0.25) is 0 Å². The van der Waals surface area contributed by atoms with E-state index in [1.165, 1.54) is 0 Å². The fraction of sp³-hybridized carbons (Fsp3) is 0.333. The first-order valence-electron chi connectivity index (χ1n) is 4.00. The van der Waals surface area contributed by atoms with Crippen molar-refractivity contribution in [3.05, 3.63) is 17.2 Å². The number of phenols is 1. The Hall–Kier alpha value is -1.52. The first-order valence-corrected chi connectivity index (χ1v) is 4.00. The van der Waals surface area contributed by atoms with Gasteiger partial charge in [0.25, 0.3) is 0 Å². The highest BCUT2D eigenvalue weighted by atomic mass is 19.3. The lowest BCUT2D eigenvalue weighted by molar-refractivity contribution is -0.287. The second kappa shape index (κ2) is 2.50. The Balaban J connectivity index is 2.61. The minimum atomic E-state index is -3.68. The summed E-state index contributed by atoms with van der Waals surface area (Å²) in [5.74, 6) is -0.687. The maximum Gasteiger partial charge on any atom is 0.586 e. The molecule has 0 atom stereocenters. The second-order valence-electron chi connectivity index (χ2n) is 3.18. The number of benzene rings is 1. The molecule has 0 spiro atoms. The molecule has 5 heteroatoms. The Kier molecular flexibility index (Phi) is 1.61. The monoisotopic (exact) mass is 202 g/mol. The van der Waals surface area contributed by atoms with Gasteiger partial charge in [0.05, 0.1) is 0 Å². The molecule has 76 valence electrons. The Morgan fingerprint density at radius 3 is 2.36 bits per heavy atom. The number of rotatable bonds is 0. The summed E-state index contributed by atoms with van der Waals surface area (Å²) in [4.78, 5) is 0. The molecule has 1 aromatic carbocycles. The molecule has 0 radical (unpaired) electrons. The normalized spacial score (nSPS) is 17.1. The molecule has 1 N–H and O–H groups in total.